The maximum atomic E-state index is 11.8. The van der Waals surface area contributed by atoms with Gasteiger partial charge in [-0.15, -0.1) is 0 Å². The van der Waals surface area contributed by atoms with Gasteiger partial charge in [-0.1, -0.05) is 53.6 Å². The zero-order valence-electron chi connectivity index (χ0n) is 11.7. The standard InChI is InChI=1S/C17H13ClO4/c1-9-2-4-10(5-3-9)11-6-7-12(13(18)8-11)16-14(19)15(20)17(21)22-16/h2-8,15-16,20H,1H3. The number of carbonyl (C=O) groups is 2. The summed E-state index contributed by atoms with van der Waals surface area (Å²) in [6.45, 7) is 2.01. The number of halogens is 1. The quantitative estimate of drug-likeness (QED) is 0.683. The number of carbonyl (C=O) groups excluding carboxylic acids is 2. The molecule has 0 amide bonds. The van der Waals surface area contributed by atoms with Crippen LogP contribution in [0.2, 0.25) is 5.02 Å². The molecule has 5 heteroatoms. The normalized spacial score (nSPS) is 21.0. The number of aliphatic hydroxyl groups excluding tert-OH is 1. The highest BCUT2D eigenvalue weighted by Crippen LogP contribution is 2.34. The number of hydrogen-bond donors (Lipinski definition) is 1. The molecule has 2 unspecified atom stereocenters. The summed E-state index contributed by atoms with van der Waals surface area (Å²) in [5.41, 5.74) is 3.43. The highest BCUT2D eigenvalue weighted by atomic mass is 35.5. The second-order valence-corrected chi connectivity index (χ2v) is 5.63. The first-order valence-corrected chi connectivity index (χ1v) is 7.14. The summed E-state index contributed by atoms with van der Waals surface area (Å²) < 4.78 is 4.89. The average Bonchev–Trinajstić information content (AvgIpc) is 2.75. The molecule has 2 aromatic rings. The Hall–Kier alpha value is -2.17. The van der Waals surface area contributed by atoms with Crippen LogP contribution >= 0.6 is 11.6 Å². The first kappa shape index (κ1) is 14.8. The zero-order valence-corrected chi connectivity index (χ0v) is 12.5. The summed E-state index contributed by atoms with van der Waals surface area (Å²) in [6.07, 6.45) is -2.86. The van der Waals surface area contributed by atoms with E-state index in [1.807, 2.05) is 31.2 Å². The Morgan fingerprint density at radius 1 is 1.05 bits per heavy atom. The van der Waals surface area contributed by atoms with Gasteiger partial charge in [0.05, 0.1) is 0 Å². The Balaban J connectivity index is 1.95. The number of Topliss-reactive ketones (excluding diaryl/α,β-unsaturated/α-hetero) is 1. The first-order chi connectivity index (χ1) is 10.5. The van der Waals surface area contributed by atoms with Crippen LogP contribution in [0.5, 0.6) is 0 Å². The van der Waals surface area contributed by atoms with Crippen molar-refractivity contribution in [2.24, 2.45) is 0 Å². The largest absolute Gasteiger partial charge is 0.447 e. The molecule has 0 radical (unpaired) electrons. The third-order valence-electron chi connectivity index (χ3n) is 3.65. The molecule has 1 N–H and O–H groups in total. The molecule has 0 bridgehead atoms. The van der Waals surface area contributed by atoms with Crippen LogP contribution in [0.4, 0.5) is 0 Å². The highest BCUT2D eigenvalue weighted by Gasteiger charge is 2.43. The van der Waals surface area contributed by atoms with Gasteiger partial charge in [0.1, 0.15) is 0 Å². The maximum Gasteiger partial charge on any atom is 0.344 e. The molecule has 1 aliphatic rings. The van der Waals surface area contributed by atoms with Gasteiger partial charge in [0.2, 0.25) is 11.9 Å². The molecular weight excluding hydrogens is 304 g/mol. The molecule has 1 aliphatic heterocycles. The van der Waals surface area contributed by atoms with E-state index in [0.717, 1.165) is 16.7 Å². The van der Waals surface area contributed by atoms with Crippen molar-refractivity contribution < 1.29 is 19.4 Å². The van der Waals surface area contributed by atoms with Gasteiger partial charge >= 0.3 is 5.97 Å². The van der Waals surface area contributed by atoms with Crippen molar-refractivity contribution in [2.75, 3.05) is 0 Å². The van der Waals surface area contributed by atoms with Gasteiger partial charge in [0.15, 0.2) is 6.10 Å². The van der Waals surface area contributed by atoms with E-state index in [-0.39, 0.29) is 0 Å². The highest BCUT2D eigenvalue weighted by molar-refractivity contribution is 6.32. The van der Waals surface area contributed by atoms with Crippen LogP contribution in [0.1, 0.15) is 17.2 Å². The molecule has 0 aliphatic carbocycles. The molecule has 1 saturated heterocycles. The second kappa shape index (κ2) is 5.55. The van der Waals surface area contributed by atoms with Crippen LogP contribution in [-0.4, -0.2) is 23.0 Å². The number of benzene rings is 2. The van der Waals surface area contributed by atoms with Crippen molar-refractivity contribution in [2.45, 2.75) is 19.1 Å². The van der Waals surface area contributed by atoms with Crippen LogP contribution in [0.3, 0.4) is 0 Å². The molecule has 2 atom stereocenters. The van der Waals surface area contributed by atoms with Crippen LogP contribution < -0.4 is 0 Å². The summed E-state index contributed by atoms with van der Waals surface area (Å²) in [5, 5.41) is 9.70. The Kier molecular flexibility index (Phi) is 3.72. The summed E-state index contributed by atoms with van der Waals surface area (Å²) in [4.78, 5) is 23.1. The van der Waals surface area contributed by atoms with Gasteiger partial charge in [-0.25, -0.2) is 4.79 Å². The summed E-state index contributed by atoms with van der Waals surface area (Å²) >= 11 is 6.23. The minimum atomic E-state index is -1.72. The molecule has 0 saturated carbocycles. The van der Waals surface area contributed by atoms with E-state index in [1.165, 1.54) is 0 Å². The van der Waals surface area contributed by atoms with Gasteiger partial charge in [0.25, 0.3) is 0 Å². The van der Waals surface area contributed by atoms with Gasteiger partial charge in [-0.3, -0.25) is 4.79 Å². The maximum absolute atomic E-state index is 11.8. The molecule has 2 aromatic carbocycles. The number of ketones is 1. The Morgan fingerprint density at radius 3 is 2.23 bits per heavy atom. The molecule has 112 valence electrons. The number of aliphatic hydroxyl groups is 1. The van der Waals surface area contributed by atoms with Gasteiger partial charge in [0, 0.05) is 10.6 Å². The molecule has 22 heavy (non-hydrogen) atoms. The van der Waals surface area contributed by atoms with Crippen molar-refractivity contribution in [3.8, 4) is 11.1 Å². The molecule has 1 fully saturated rings. The molecule has 0 aromatic heterocycles. The van der Waals surface area contributed by atoms with E-state index in [4.69, 9.17) is 16.3 Å². The van der Waals surface area contributed by atoms with E-state index in [1.54, 1.807) is 18.2 Å². The Morgan fingerprint density at radius 2 is 1.68 bits per heavy atom. The predicted molar refractivity (Wildman–Crippen MR) is 81.5 cm³/mol. The number of cyclic esters (lactones) is 1. The second-order valence-electron chi connectivity index (χ2n) is 5.22. The van der Waals surface area contributed by atoms with Crippen molar-refractivity contribution in [1.82, 2.24) is 0 Å². The third-order valence-corrected chi connectivity index (χ3v) is 3.98. The van der Waals surface area contributed by atoms with E-state index >= 15 is 0 Å². The van der Waals surface area contributed by atoms with Gasteiger partial charge in [-0.2, -0.15) is 0 Å². The molecular formula is C17H13ClO4. The number of ether oxygens (including phenoxy) is 1. The molecule has 4 nitrogen and oxygen atoms in total. The number of esters is 1. The minimum absolute atomic E-state index is 0.318. The SMILES string of the molecule is Cc1ccc(-c2ccc(C3OC(=O)C(O)C3=O)c(Cl)c2)cc1. The average molecular weight is 317 g/mol. The van der Waals surface area contributed by atoms with Crippen molar-refractivity contribution >= 4 is 23.4 Å². The van der Waals surface area contributed by atoms with Gasteiger partial charge in [-0.05, 0) is 24.1 Å². The Bertz CT molecular complexity index is 752. The van der Waals surface area contributed by atoms with Gasteiger partial charge < -0.3 is 9.84 Å². The lowest BCUT2D eigenvalue weighted by molar-refractivity contribution is -0.147. The Labute approximate surface area is 132 Å². The lowest BCUT2D eigenvalue weighted by Crippen LogP contribution is -2.22. The number of rotatable bonds is 2. The summed E-state index contributed by atoms with van der Waals surface area (Å²) in [6, 6.07) is 13.1. The van der Waals surface area contributed by atoms with Crippen LogP contribution in [0.15, 0.2) is 42.5 Å². The first-order valence-electron chi connectivity index (χ1n) is 6.76. The lowest BCUT2D eigenvalue weighted by atomic mass is 9.99. The monoisotopic (exact) mass is 316 g/mol. The summed E-state index contributed by atoms with van der Waals surface area (Å²) in [7, 11) is 0. The molecule has 3 rings (SSSR count). The minimum Gasteiger partial charge on any atom is -0.447 e. The predicted octanol–water partition coefficient (Wildman–Crippen LogP) is 2.84. The van der Waals surface area contributed by atoms with E-state index < -0.39 is 24.0 Å². The molecule has 1 heterocycles. The number of hydrogen-bond acceptors (Lipinski definition) is 4. The lowest BCUT2D eigenvalue weighted by Gasteiger charge is -2.12. The van der Waals surface area contributed by atoms with Crippen LogP contribution in [-0.2, 0) is 14.3 Å². The summed E-state index contributed by atoms with van der Waals surface area (Å²) in [5.74, 6) is -1.62. The molecule has 0 spiro atoms. The zero-order chi connectivity index (χ0) is 15.9. The topological polar surface area (TPSA) is 63.6 Å². The van der Waals surface area contributed by atoms with Crippen LogP contribution in [0.25, 0.3) is 11.1 Å². The van der Waals surface area contributed by atoms with Crippen molar-refractivity contribution in [1.29, 1.82) is 0 Å². The van der Waals surface area contributed by atoms with Crippen molar-refractivity contribution in [3.05, 3.63) is 58.6 Å². The fourth-order valence-corrected chi connectivity index (χ4v) is 2.66. The number of aryl methyl sites for hydroxylation is 1. The van der Waals surface area contributed by atoms with Crippen LogP contribution in [0, 0.1) is 6.92 Å². The van der Waals surface area contributed by atoms with E-state index in [0.29, 0.717) is 10.6 Å². The van der Waals surface area contributed by atoms with E-state index in [9.17, 15) is 14.7 Å². The fraction of sp³-hybridized carbons (Fsp3) is 0.176. The van der Waals surface area contributed by atoms with Crippen molar-refractivity contribution in [3.63, 3.8) is 0 Å². The third kappa shape index (κ3) is 2.51. The van der Waals surface area contributed by atoms with E-state index in [2.05, 4.69) is 0 Å². The fourth-order valence-electron chi connectivity index (χ4n) is 2.38. The smallest absolute Gasteiger partial charge is 0.344 e.